The van der Waals surface area contributed by atoms with Crippen molar-refractivity contribution in [2.45, 2.75) is 25.8 Å². The number of hydrogen-bond acceptors (Lipinski definition) is 4. The Balaban J connectivity index is 1.46. The largest absolute Gasteiger partial charge is 0.361 e. The van der Waals surface area contributed by atoms with Crippen LogP contribution in [0.4, 0.5) is 0 Å². The molecular weight excluding hydrogens is 380 g/mol. The molecule has 4 rings (SSSR count). The van der Waals surface area contributed by atoms with E-state index in [4.69, 9.17) is 0 Å². The molecule has 1 aromatic carbocycles. The monoisotopic (exact) mass is 410 g/mol. The van der Waals surface area contributed by atoms with E-state index in [0.717, 1.165) is 44.8 Å². The number of nitrogens with one attached hydrogen (secondary N) is 2. The highest BCUT2D eigenvalue weighted by molar-refractivity contribution is 7.10. The van der Waals surface area contributed by atoms with Crippen LogP contribution in [0, 0.1) is 0 Å². The molecule has 1 fully saturated rings. The van der Waals surface area contributed by atoms with Crippen molar-refractivity contribution in [3.63, 3.8) is 0 Å². The molecule has 29 heavy (non-hydrogen) atoms. The molecule has 154 valence electrons. The van der Waals surface area contributed by atoms with Gasteiger partial charge >= 0.3 is 0 Å². The molecule has 0 spiro atoms. The summed E-state index contributed by atoms with van der Waals surface area (Å²) < 4.78 is 0. The summed E-state index contributed by atoms with van der Waals surface area (Å²) in [4.78, 5) is 22.1. The van der Waals surface area contributed by atoms with Gasteiger partial charge in [0.05, 0.1) is 6.04 Å². The van der Waals surface area contributed by atoms with Gasteiger partial charge in [-0.05, 0) is 36.5 Å². The molecule has 2 atom stereocenters. The van der Waals surface area contributed by atoms with Crippen LogP contribution in [0.1, 0.15) is 30.2 Å². The number of nitrogens with zero attached hydrogens (tertiary/aromatic N) is 2. The number of carbonyl (C=O) groups excluding carboxylic acids is 1. The summed E-state index contributed by atoms with van der Waals surface area (Å²) in [5, 5.41) is 6.91. The first-order valence-corrected chi connectivity index (χ1v) is 11.4. The van der Waals surface area contributed by atoms with Gasteiger partial charge in [-0.2, -0.15) is 0 Å². The number of fused-ring (bicyclic) bond motifs is 1. The number of piperazine rings is 1. The zero-order valence-corrected chi connectivity index (χ0v) is 18.0. The van der Waals surface area contributed by atoms with Crippen molar-refractivity contribution in [2.24, 2.45) is 0 Å². The minimum Gasteiger partial charge on any atom is -0.361 e. The Kier molecular flexibility index (Phi) is 6.33. The summed E-state index contributed by atoms with van der Waals surface area (Å²) in [6.07, 6.45) is 2.12. The number of amides is 1. The first kappa shape index (κ1) is 20.1. The van der Waals surface area contributed by atoms with E-state index in [-0.39, 0.29) is 17.9 Å². The molecule has 6 heteroatoms. The Morgan fingerprint density at radius 3 is 2.69 bits per heavy atom. The average molecular weight is 411 g/mol. The Bertz CT molecular complexity index is 927. The quantitative estimate of drug-likeness (QED) is 0.627. The third-order valence-electron chi connectivity index (χ3n) is 6.01. The van der Waals surface area contributed by atoms with Crippen LogP contribution in [0.3, 0.4) is 0 Å². The second kappa shape index (κ2) is 9.11. The van der Waals surface area contributed by atoms with Crippen LogP contribution < -0.4 is 5.32 Å². The van der Waals surface area contributed by atoms with Crippen LogP contribution in [0.2, 0.25) is 0 Å². The van der Waals surface area contributed by atoms with E-state index < -0.39 is 0 Å². The molecule has 3 aromatic rings. The maximum absolute atomic E-state index is 12.9. The fourth-order valence-electron chi connectivity index (χ4n) is 4.18. The zero-order valence-electron chi connectivity index (χ0n) is 17.2. The molecule has 2 N–H and O–H groups in total. The molecule has 3 heterocycles. The van der Waals surface area contributed by atoms with Gasteiger partial charge in [0, 0.05) is 60.6 Å². The average Bonchev–Trinajstić information content (AvgIpc) is 3.44. The van der Waals surface area contributed by atoms with Gasteiger partial charge in [0.25, 0.3) is 0 Å². The Morgan fingerprint density at radius 1 is 1.17 bits per heavy atom. The summed E-state index contributed by atoms with van der Waals surface area (Å²) in [6.45, 7) is 9.58. The minimum atomic E-state index is -0.184. The number of aromatic nitrogens is 1. The number of rotatable bonds is 7. The highest BCUT2D eigenvalue weighted by atomic mass is 32.1. The number of H-pyrrole nitrogens is 1. The normalized spacial score (nSPS) is 17.5. The molecule has 5 nitrogen and oxygen atoms in total. The van der Waals surface area contributed by atoms with Crippen molar-refractivity contribution in [3.8, 4) is 0 Å². The van der Waals surface area contributed by atoms with Crippen LogP contribution >= 0.6 is 11.3 Å². The van der Waals surface area contributed by atoms with Gasteiger partial charge in [-0.25, -0.2) is 0 Å². The summed E-state index contributed by atoms with van der Waals surface area (Å²) in [6, 6.07) is 12.5. The number of aromatic amines is 1. The predicted octanol–water partition coefficient (Wildman–Crippen LogP) is 3.50. The molecule has 0 bridgehead atoms. The van der Waals surface area contributed by atoms with Crippen LogP contribution in [0.15, 0.2) is 48.0 Å². The number of carbonyl (C=O) groups is 1. The minimum absolute atomic E-state index is 0.184. The van der Waals surface area contributed by atoms with E-state index in [1.165, 1.54) is 15.8 Å². The van der Waals surface area contributed by atoms with Crippen LogP contribution in [-0.4, -0.2) is 66.0 Å². The SMILES string of the molecule is CCN1CCN(C(=O)[C@@H](C)NC[C@@H](c2cccs2)c2c[nH]c3ccccc23)CC1. The van der Waals surface area contributed by atoms with Gasteiger partial charge < -0.3 is 20.1 Å². The van der Waals surface area contributed by atoms with Gasteiger partial charge in [-0.15, -0.1) is 11.3 Å². The highest BCUT2D eigenvalue weighted by Crippen LogP contribution is 2.32. The van der Waals surface area contributed by atoms with E-state index in [9.17, 15) is 4.79 Å². The maximum atomic E-state index is 12.9. The van der Waals surface area contributed by atoms with E-state index in [0.29, 0.717) is 0 Å². The van der Waals surface area contributed by atoms with Gasteiger partial charge in [-0.3, -0.25) is 4.79 Å². The predicted molar refractivity (Wildman–Crippen MR) is 121 cm³/mol. The topological polar surface area (TPSA) is 51.4 Å². The van der Waals surface area contributed by atoms with Gasteiger partial charge in [0.1, 0.15) is 0 Å². The zero-order chi connectivity index (χ0) is 20.2. The number of likely N-dealkylation sites (N-methyl/N-ethyl adjacent to an activating group) is 1. The van der Waals surface area contributed by atoms with Crippen LogP contribution in [0.25, 0.3) is 10.9 Å². The van der Waals surface area contributed by atoms with Gasteiger partial charge in [-0.1, -0.05) is 31.2 Å². The molecule has 2 aromatic heterocycles. The second-order valence-corrected chi connectivity index (χ2v) is 8.73. The molecular formula is C23H30N4OS. The van der Waals surface area contributed by atoms with Crippen molar-refractivity contribution in [1.29, 1.82) is 0 Å². The van der Waals surface area contributed by atoms with Crippen LogP contribution in [-0.2, 0) is 4.79 Å². The standard InChI is InChI=1S/C23H30N4OS/c1-3-26-10-12-27(13-11-26)23(28)17(2)24-16-20(22-9-6-14-29-22)19-15-25-21-8-5-4-7-18(19)21/h4-9,14-15,17,20,24-25H,3,10-13,16H2,1-2H3/t17-,20-/m1/s1. The van der Waals surface area contributed by atoms with Crippen molar-refractivity contribution in [3.05, 3.63) is 58.4 Å². The lowest BCUT2D eigenvalue weighted by atomic mass is 9.96. The van der Waals surface area contributed by atoms with Crippen molar-refractivity contribution in [2.75, 3.05) is 39.3 Å². The van der Waals surface area contributed by atoms with E-state index in [1.54, 1.807) is 11.3 Å². The molecule has 1 aliphatic heterocycles. The fourth-order valence-corrected chi connectivity index (χ4v) is 5.02. The smallest absolute Gasteiger partial charge is 0.239 e. The summed E-state index contributed by atoms with van der Waals surface area (Å²) in [7, 11) is 0. The Labute approximate surface area is 176 Å². The van der Waals surface area contributed by atoms with E-state index >= 15 is 0 Å². The summed E-state index contributed by atoms with van der Waals surface area (Å²) in [5.41, 5.74) is 2.44. The second-order valence-electron chi connectivity index (χ2n) is 7.75. The molecule has 0 unspecified atom stereocenters. The number of hydrogen-bond donors (Lipinski definition) is 2. The van der Waals surface area contributed by atoms with Gasteiger partial charge in [0.15, 0.2) is 0 Å². The number of benzene rings is 1. The summed E-state index contributed by atoms with van der Waals surface area (Å²) in [5.74, 6) is 0.433. The van der Waals surface area contributed by atoms with Gasteiger partial charge in [0.2, 0.25) is 5.91 Å². The molecule has 0 saturated carbocycles. The lowest BCUT2D eigenvalue weighted by Gasteiger charge is -2.35. The van der Waals surface area contributed by atoms with Crippen LogP contribution in [0.5, 0.6) is 0 Å². The summed E-state index contributed by atoms with van der Waals surface area (Å²) >= 11 is 1.77. The highest BCUT2D eigenvalue weighted by Gasteiger charge is 2.26. The fraction of sp³-hybridized carbons (Fsp3) is 0.435. The molecule has 0 radical (unpaired) electrons. The van der Waals surface area contributed by atoms with Crippen molar-refractivity contribution in [1.82, 2.24) is 20.1 Å². The first-order chi connectivity index (χ1) is 14.2. The third kappa shape index (κ3) is 4.39. The Morgan fingerprint density at radius 2 is 1.97 bits per heavy atom. The Hall–Kier alpha value is -2.15. The lowest BCUT2D eigenvalue weighted by molar-refractivity contribution is -0.134. The molecule has 1 saturated heterocycles. The van der Waals surface area contributed by atoms with E-state index in [2.05, 4.69) is 70.1 Å². The molecule has 1 amide bonds. The molecule has 0 aliphatic carbocycles. The third-order valence-corrected chi connectivity index (χ3v) is 7.00. The number of thiophene rings is 1. The van der Waals surface area contributed by atoms with E-state index in [1.807, 2.05) is 11.8 Å². The van der Waals surface area contributed by atoms with Crippen molar-refractivity contribution >= 4 is 28.1 Å². The molecule has 1 aliphatic rings. The number of para-hydroxylation sites is 1. The lowest BCUT2D eigenvalue weighted by Crippen LogP contribution is -2.53. The van der Waals surface area contributed by atoms with Crippen molar-refractivity contribution < 1.29 is 4.79 Å². The first-order valence-electron chi connectivity index (χ1n) is 10.5. The maximum Gasteiger partial charge on any atom is 0.239 e.